The third-order valence-electron chi connectivity index (χ3n) is 5.02. The Labute approximate surface area is 175 Å². The van der Waals surface area contributed by atoms with Gasteiger partial charge in [0.05, 0.1) is 17.8 Å². The minimum Gasteiger partial charge on any atom is -0.497 e. The first-order chi connectivity index (χ1) is 14.0. The number of methoxy groups -OCH3 is 1. The summed E-state index contributed by atoms with van der Waals surface area (Å²) in [4.78, 5) is 19.8. The molecule has 0 saturated heterocycles. The molecular weight excluding hydrogens is 388 g/mol. The topological polar surface area (TPSA) is 60.2 Å². The van der Waals surface area contributed by atoms with Crippen LogP contribution in [0.5, 0.6) is 5.75 Å². The summed E-state index contributed by atoms with van der Waals surface area (Å²) in [5, 5.41) is 4.81. The number of pyridine rings is 1. The molecule has 2 aromatic heterocycles. The number of nitrogens with zero attached hydrogens (tertiary/aromatic N) is 4. The predicted molar refractivity (Wildman–Crippen MR) is 112 cm³/mol. The molecule has 1 saturated carbocycles. The monoisotopic (exact) mass is 410 g/mol. The molecule has 0 atom stereocenters. The number of halogens is 1. The molecule has 2 heterocycles. The normalized spacial score (nSPS) is 13.4. The third-order valence-corrected chi connectivity index (χ3v) is 5.33. The van der Waals surface area contributed by atoms with Gasteiger partial charge in [0, 0.05) is 18.3 Å². The molecule has 1 amide bonds. The second-order valence-corrected chi connectivity index (χ2v) is 7.76. The van der Waals surface area contributed by atoms with E-state index in [0.29, 0.717) is 17.4 Å². The van der Waals surface area contributed by atoms with Gasteiger partial charge in [-0.3, -0.25) is 4.79 Å². The molecule has 4 rings (SSSR count). The van der Waals surface area contributed by atoms with Crippen LogP contribution in [-0.4, -0.2) is 38.7 Å². The van der Waals surface area contributed by atoms with Crippen molar-refractivity contribution in [3.8, 4) is 11.6 Å². The number of aromatic nitrogens is 3. The lowest BCUT2D eigenvalue weighted by molar-refractivity contribution is 0.0724. The molecule has 0 bridgehead atoms. The first kappa shape index (κ1) is 19.5. The van der Waals surface area contributed by atoms with Crippen LogP contribution in [0.25, 0.3) is 5.82 Å². The van der Waals surface area contributed by atoms with Crippen LogP contribution in [0.3, 0.4) is 0 Å². The fourth-order valence-electron chi connectivity index (χ4n) is 3.38. The zero-order valence-corrected chi connectivity index (χ0v) is 17.5. The van der Waals surface area contributed by atoms with E-state index in [2.05, 4.69) is 10.1 Å². The Hall–Kier alpha value is -2.86. The highest BCUT2D eigenvalue weighted by atomic mass is 35.5. The molecule has 0 spiro atoms. The molecule has 0 aliphatic heterocycles. The summed E-state index contributed by atoms with van der Waals surface area (Å²) < 4.78 is 6.95. The van der Waals surface area contributed by atoms with Crippen molar-refractivity contribution in [3.63, 3.8) is 0 Å². The van der Waals surface area contributed by atoms with Gasteiger partial charge in [-0.15, -0.1) is 0 Å². The van der Waals surface area contributed by atoms with E-state index in [0.717, 1.165) is 35.5 Å². The fourth-order valence-corrected chi connectivity index (χ4v) is 3.56. The number of hydrogen-bond donors (Lipinski definition) is 0. The van der Waals surface area contributed by atoms with Gasteiger partial charge in [0.1, 0.15) is 11.4 Å². The second kappa shape index (κ2) is 7.87. The van der Waals surface area contributed by atoms with E-state index < -0.39 is 0 Å². The first-order valence-electron chi connectivity index (χ1n) is 9.60. The zero-order valence-electron chi connectivity index (χ0n) is 16.7. The highest BCUT2D eigenvalue weighted by Gasteiger charge is 2.34. The molecule has 1 aliphatic carbocycles. The Kier molecular flexibility index (Phi) is 5.28. The van der Waals surface area contributed by atoms with Crippen molar-refractivity contribution >= 4 is 17.5 Å². The number of ether oxygens (including phenoxy) is 1. The summed E-state index contributed by atoms with van der Waals surface area (Å²) in [5.41, 5.74) is 3.15. The van der Waals surface area contributed by atoms with Crippen molar-refractivity contribution in [2.45, 2.75) is 39.3 Å². The number of aryl methyl sites for hydroxylation is 2. The van der Waals surface area contributed by atoms with E-state index in [9.17, 15) is 4.79 Å². The Morgan fingerprint density at radius 1 is 1.21 bits per heavy atom. The highest BCUT2D eigenvalue weighted by molar-refractivity contribution is 6.33. The van der Waals surface area contributed by atoms with Gasteiger partial charge in [-0.05, 0) is 62.6 Å². The SMILES string of the molecule is COc1ccc(CN(C(=O)c2nc(-n3nc(C)cc3C)ccc2Cl)C2CC2)cc1. The van der Waals surface area contributed by atoms with E-state index in [1.807, 2.05) is 49.1 Å². The van der Waals surface area contributed by atoms with Crippen molar-refractivity contribution in [1.82, 2.24) is 19.7 Å². The van der Waals surface area contributed by atoms with Gasteiger partial charge in [-0.2, -0.15) is 5.10 Å². The zero-order chi connectivity index (χ0) is 20.5. The van der Waals surface area contributed by atoms with E-state index in [4.69, 9.17) is 16.3 Å². The molecule has 3 aromatic rings. The van der Waals surface area contributed by atoms with Gasteiger partial charge < -0.3 is 9.64 Å². The van der Waals surface area contributed by atoms with E-state index in [1.54, 1.807) is 23.9 Å². The standard InChI is InChI=1S/C22H23ClN4O2/c1-14-12-15(2)27(25-14)20-11-10-19(23)21(24-20)22(28)26(17-6-7-17)13-16-4-8-18(29-3)9-5-16/h4-5,8-12,17H,6-7,13H2,1-3H3. The largest absolute Gasteiger partial charge is 0.497 e. The number of benzene rings is 1. The van der Waals surface area contributed by atoms with Crippen LogP contribution in [0.1, 0.15) is 40.3 Å². The number of carbonyl (C=O) groups excluding carboxylic acids is 1. The predicted octanol–water partition coefficient (Wildman–Crippen LogP) is 4.35. The van der Waals surface area contributed by atoms with Crippen LogP contribution < -0.4 is 4.74 Å². The summed E-state index contributed by atoms with van der Waals surface area (Å²) in [6.45, 7) is 4.39. The summed E-state index contributed by atoms with van der Waals surface area (Å²) in [6.07, 6.45) is 1.99. The molecule has 6 nitrogen and oxygen atoms in total. The summed E-state index contributed by atoms with van der Waals surface area (Å²) in [6, 6.07) is 13.4. The van der Waals surface area contributed by atoms with Crippen molar-refractivity contribution < 1.29 is 9.53 Å². The Morgan fingerprint density at radius 2 is 1.93 bits per heavy atom. The average molecular weight is 411 g/mol. The number of hydrogen-bond acceptors (Lipinski definition) is 4. The van der Waals surface area contributed by atoms with Crippen molar-refractivity contribution in [3.05, 3.63) is 70.1 Å². The van der Waals surface area contributed by atoms with Gasteiger partial charge >= 0.3 is 0 Å². The van der Waals surface area contributed by atoms with Crippen LogP contribution in [0.2, 0.25) is 5.02 Å². The van der Waals surface area contributed by atoms with Crippen molar-refractivity contribution in [2.24, 2.45) is 0 Å². The van der Waals surface area contributed by atoms with Gasteiger partial charge in [-0.1, -0.05) is 23.7 Å². The van der Waals surface area contributed by atoms with E-state index >= 15 is 0 Å². The molecule has 0 unspecified atom stereocenters. The van der Waals surface area contributed by atoms with Crippen LogP contribution >= 0.6 is 11.6 Å². The molecule has 150 valence electrons. The van der Waals surface area contributed by atoms with Crippen LogP contribution in [0, 0.1) is 13.8 Å². The number of rotatable bonds is 6. The smallest absolute Gasteiger partial charge is 0.274 e. The maximum atomic E-state index is 13.4. The molecule has 0 N–H and O–H groups in total. The Balaban J connectivity index is 1.64. The number of amides is 1. The third kappa shape index (κ3) is 4.12. The summed E-state index contributed by atoms with van der Waals surface area (Å²) in [7, 11) is 1.64. The van der Waals surface area contributed by atoms with Gasteiger partial charge in [-0.25, -0.2) is 9.67 Å². The molecule has 1 aliphatic rings. The minimum absolute atomic E-state index is 0.156. The average Bonchev–Trinajstić information content (AvgIpc) is 3.50. The van der Waals surface area contributed by atoms with Crippen LogP contribution in [0.4, 0.5) is 0 Å². The summed E-state index contributed by atoms with van der Waals surface area (Å²) >= 11 is 6.38. The number of carbonyl (C=O) groups is 1. The molecular formula is C22H23ClN4O2. The Morgan fingerprint density at radius 3 is 2.52 bits per heavy atom. The van der Waals surface area contributed by atoms with Crippen LogP contribution in [-0.2, 0) is 6.54 Å². The van der Waals surface area contributed by atoms with E-state index in [-0.39, 0.29) is 17.6 Å². The second-order valence-electron chi connectivity index (χ2n) is 7.35. The lowest BCUT2D eigenvalue weighted by Gasteiger charge is -2.23. The van der Waals surface area contributed by atoms with Crippen LogP contribution in [0.15, 0.2) is 42.5 Å². The minimum atomic E-state index is -0.156. The molecule has 1 aromatic carbocycles. The molecule has 0 radical (unpaired) electrons. The van der Waals surface area contributed by atoms with E-state index in [1.165, 1.54) is 0 Å². The van der Waals surface area contributed by atoms with Crippen molar-refractivity contribution in [1.29, 1.82) is 0 Å². The molecule has 29 heavy (non-hydrogen) atoms. The Bertz CT molecular complexity index is 1040. The quantitative estimate of drug-likeness (QED) is 0.606. The lowest BCUT2D eigenvalue weighted by atomic mass is 10.2. The fraction of sp³-hybridized carbons (Fsp3) is 0.318. The first-order valence-corrected chi connectivity index (χ1v) is 9.98. The van der Waals surface area contributed by atoms with Gasteiger partial charge in [0.25, 0.3) is 5.91 Å². The lowest BCUT2D eigenvalue weighted by Crippen LogP contribution is -2.33. The maximum absolute atomic E-state index is 13.4. The maximum Gasteiger partial charge on any atom is 0.274 e. The highest BCUT2D eigenvalue weighted by Crippen LogP contribution is 2.31. The van der Waals surface area contributed by atoms with Gasteiger partial charge in [0.15, 0.2) is 5.82 Å². The van der Waals surface area contributed by atoms with Gasteiger partial charge in [0.2, 0.25) is 0 Å². The summed E-state index contributed by atoms with van der Waals surface area (Å²) in [5.74, 6) is 1.22. The van der Waals surface area contributed by atoms with Crippen molar-refractivity contribution in [2.75, 3.05) is 7.11 Å². The molecule has 7 heteroatoms. The molecule has 1 fully saturated rings.